The fourth-order valence-corrected chi connectivity index (χ4v) is 3.35. The van der Waals surface area contributed by atoms with Crippen LogP contribution in [0, 0.1) is 0 Å². The van der Waals surface area contributed by atoms with Gasteiger partial charge in [-0.25, -0.2) is 9.59 Å². The van der Waals surface area contributed by atoms with Gasteiger partial charge in [-0.1, -0.05) is 18.2 Å². The van der Waals surface area contributed by atoms with Gasteiger partial charge in [-0.05, 0) is 56.2 Å². The lowest BCUT2D eigenvalue weighted by Gasteiger charge is -2.22. The average Bonchev–Trinajstić information content (AvgIpc) is 3.07. The highest BCUT2D eigenvalue weighted by molar-refractivity contribution is 6.04. The molecule has 8 heteroatoms. The second kappa shape index (κ2) is 9.25. The molecule has 0 spiro atoms. The summed E-state index contributed by atoms with van der Waals surface area (Å²) in [6.45, 7) is 2.87. The molecule has 2 N–H and O–H groups in total. The normalized spacial score (nSPS) is 15.2. The van der Waals surface area contributed by atoms with E-state index in [-0.39, 0.29) is 29.7 Å². The Hall–Kier alpha value is -3.94. The van der Waals surface area contributed by atoms with E-state index in [9.17, 15) is 19.2 Å². The topological polar surface area (TPSA) is 113 Å². The highest BCUT2D eigenvalue weighted by Crippen LogP contribution is 2.31. The van der Waals surface area contributed by atoms with Crippen molar-refractivity contribution in [3.05, 3.63) is 71.3 Å². The fraction of sp³-hybridized carbons (Fsp3) is 0.217. The van der Waals surface area contributed by atoms with Gasteiger partial charge in [-0.2, -0.15) is 0 Å². The Morgan fingerprint density at radius 3 is 2.48 bits per heavy atom. The van der Waals surface area contributed by atoms with Crippen molar-refractivity contribution in [2.75, 3.05) is 16.8 Å². The number of carboxylic acids is 1. The minimum absolute atomic E-state index is 0.00897. The molecule has 0 fully saturated rings. The number of aliphatic carboxylic acids is 1. The van der Waals surface area contributed by atoms with E-state index in [1.807, 2.05) is 31.2 Å². The van der Waals surface area contributed by atoms with E-state index in [1.54, 1.807) is 4.90 Å². The van der Waals surface area contributed by atoms with Gasteiger partial charge in [-0.15, -0.1) is 0 Å². The summed E-state index contributed by atoms with van der Waals surface area (Å²) < 4.78 is 5.17. The number of hydrogen-bond acceptors (Lipinski definition) is 5. The lowest BCUT2D eigenvalue weighted by atomic mass is 10.1. The highest BCUT2D eigenvalue weighted by Gasteiger charge is 2.31. The summed E-state index contributed by atoms with van der Waals surface area (Å²) in [5.74, 6) is -2.74. The van der Waals surface area contributed by atoms with Crippen molar-refractivity contribution < 1.29 is 29.0 Å². The molecule has 0 bridgehead atoms. The van der Waals surface area contributed by atoms with Crippen LogP contribution in [0.25, 0.3) is 0 Å². The number of benzene rings is 2. The van der Waals surface area contributed by atoms with Crippen molar-refractivity contribution in [2.45, 2.75) is 26.3 Å². The van der Waals surface area contributed by atoms with Crippen LogP contribution < -0.4 is 10.2 Å². The Balaban J connectivity index is 1.56. The quantitative estimate of drug-likeness (QED) is 0.547. The number of carbonyl (C=O) groups excluding carboxylic acids is 3. The second-order valence-corrected chi connectivity index (χ2v) is 7.22. The fourth-order valence-electron chi connectivity index (χ4n) is 3.35. The molecule has 8 nitrogen and oxygen atoms in total. The van der Waals surface area contributed by atoms with Crippen LogP contribution in [0.2, 0.25) is 0 Å². The molecule has 1 heterocycles. The van der Waals surface area contributed by atoms with Gasteiger partial charge < -0.3 is 20.1 Å². The zero-order chi connectivity index (χ0) is 22.5. The van der Waals surface area contributed by atoms with Gasteiger partial charge in [0, 0.05) is 29.1 Å². The van der Waals surface area contributed by atoms with Crippen LogP contribution in [0.5, 0.6) is 0 Å². The number of carboxylic acid groups (broad SMARTS) is 1. The molecule has 0 radical (unpaired) electrons. The number of para-hydroxylation sites is 1. The van der Waals surface area contributed by atoms with Crippen LogP contribution in [0.4, 0.5) is 11.4 Å². The summed E-state index contributed by atoms with van der Waals surface area (Å²) in [6, 6.07) is 13.5. The molecule has 1 atom stereocenters. The monoisotopic (exact) mass is 422 g/mol. The molecule has 3 rings (SSSR count). The van der Waals surface area contributed by atoms with E-state index in [0.717, 1.165) is 23.7 Å². The van der Waals surface area contributed by atoms with Gasteiger partial charge >= 0.3 is 11.9 Å². The molecule has 2 aromatic carbocycles. The summed E-state index contributed by atoms with van der Waals surface area (Å²) >= 11 is 0. The zero-order valence-corrected chi connectivity index (χ0v) is 17.1. The number of nitrogens with zero attached hydrogens (tertiary/aromatic N) is 1. The number of nitrogens with one attached hydrogen (secondary N) is 1. The van der Waals surface area contributed by atoms with Crippen LogP contribution >= 0.6 is 0 Å². The highest BCUT2D eigenvalue weighted by atomic mass is 16.5. The molecule has 0 aliphatic carbocycles. The average molecular weight is 422 g/mol. The molecule has 2 amide bonds. The Bertz CT molecular complexity index is 1060. The zero-order valence-electron chi connectivity index (χ0n) is 17.1. The third-order valence-corrected chi connectivity index (χ3v) is 4.88. The number of amides is 2. The molecule has 1 aliphatic heterocycles. The van der Waals surface area contributed by atoms with Crippen molar-refractivity contribution in [1.29, 1.82) is 0 Å². The second-order valence-electron chi connectivity index (χ2n) is 7.22. The SMILES string of the molecule is C/C(=C\C(=O)Nc1ccc(C(=O)OCC(=O)N2c3ccccc3C[C@H]2C)cc1)C(=O)O. The van der Waals surface area contributed by atoms with E-state index in [1.165, 1.54) is 31.2 Å². The van der Waals surface area contributed by atoms with Crippen molar-refractivity contribution in [1.82, 2.24) is 0 Å². The van der Waals surface area contributed by atoms with Gasteiger partial charge in [-0.3, -0.25) is 9.59 Å². The molecule has 0 saturated carbocycles. The number of esters is 1. The third kappa shape index (κ3) is 5.16. The summed E-state index contributed by atoms with van der Waals surface area (Å²) in [5.41, 5.74) is 2.42. The van der Waals surface area contributed by atoms with Crippen molar-refractivity contribution in [2.24, 2.45) is 0 Å². The molecule has 0 unspecified atom stereocenters. The van der Waals surface area contributed by atoms with Gasteiger partial charge in [0.25, 0.3) is 5.91 Å². The summed E-state index contributed by atoms with van der Waals surface area (Å²) in [5, 5.41) is 11.3. The Labute approximate surface area is 179 Å². The largest absolute Gasteiger partial charge is 0.478 e. The van der Waals surface area contributed by atoms with E-state index >= 15 is 0 Å². The molecule has 0 aromatic heterocycles. The summed E-state index contributed by atoms with van der Waals surface area (Å²) in [7, 11) is 0. The van der Waals surface area contributed by atoms with Crippen molar-refractivity contribution in [3.8, 4) is 0 Å². The molecule has 0 saturated heterocycles. The van der Waals surface area contributed by atoms with E-state index in [4.69, 9.17) is 9.84 Å². The van der Waals surface area contributed by atoms with Gasteiger partial charge in [0.05, 0.1) is 5.56 Å². The first-order valence-corrected chi connectivity index (χ1v) is 9.66. The van der Waals surface area contributed by atoms with Crippen LogP contribution in [0.3, 0.4) is 0 Å². The summed E-state index contributed by atoms with van der Waals surface area (Å²) in [6.07, 6.45) is 1.72. The van der Waals surface area contributed by atoms with Crippen molar-refractivity contribution >= 4 is 35.1 Å². The van der Waals surface area contributed by atoms with Crippen LogP contribution in [-0.2, 0) is 25.5 Å². The minimum atomic E-state index is -1.19. The number of anilines is 2. The van der Waals surface area contributed by atoms with E-state index in [2.05, 4.69) is 5.32 Å². The molecular formula is C23H22N2O6. The van der Waals surface area contributed by atoms with E-state index < -0.39 is 17.8 Å². The van der Waals surface area contributed by atoms with Crippen LogP contribution in [0.15, 0.2) is 60.2 Å². The first-order valence-electron chi connectivity index (χ1n) is 9.66. The first kappa shape index (κ1) is 21.8. The van der Waals surface area contributed by atoms with Gasteiger partial charge in [0.2, 0.25) is 5.91 Å². The Morgan fingerprint density at radius 1 is 1.13 bits per heavy atom. The standard InChI is InChI=1S/C23H22N2O6/c1-14(22(28)29)11-20(26)24-18-9-7-16(8-10-18)23(30)31-13-21(27)25-15(2)12-17-5-3-4-6-19(17)25/h3-11,15H,12-13H2,1-2H3,(H,24,26)(H,28,29)/b14-11+/t15-/m1/s1. The molecule has 160 valence electrons. The molecular weight excluding hydrogens is 400 g/mol. The predicted octanol–water partition coefficient (Wildman–Crippen LogP) is 2.79. The Morgan fingerprint density at radius 2 is 1.81 bits per heavy atom. The minimum Gasteiger partial charge on any atom is -0.478 e. The van der Waals surface area contributed by atoms with Crippen molar-refractivity contribution in [3.63, 3.8) is 0 Å². The summed E-state index contributed by atoms with van der Waals surface area (Å²) in [4.78, 5) is 49.1. The number of rotatable bonds is 6. The van der Waals surface area contributed by atoms with Gasteiger partial charge in [0.1, 0.15) is 0 Å². The Kier molecular flexibility index (Phi) is 6.49. The molecule has 1 aliphatic rings. The lowest BCUT2D eigenvalue weighted by Crippen LogP contribution is -2.38. The smallest absolute Gasteiger partial charge is 0.338 e. The maximum Gasteiger partial charge on any atom is 0.338 e. The maximum absolute atomic E-state index is 12.6. The van der Waals surface area contributed by atoms with Crippen LogP contribution in [-0.4, -0.2) is 41.5 Å². The third-order valence-electron chi connectivity index (χ3n) is 4.88. The molecule has 2 aromatic rings. The number of hydrogen-bond donors (Lipinski definition) is 2. The van der Waals surface area contributed by atoms with Crippen LogP contribution in [0.1, 0.15) is 29.8 Å². The van der Waals surface area contributed by atoms with Gasteiger partial charge in [0.15, 0.2) is 6.61 Å². The van der Waals surface area contributed by atoms with E-state index in [0.29, 0.717) is 5.69 Å². The predicted molar refractivity (Wildman–Crippen MR) is 114 cm³/mol. The molecule has 31 heavy (non-hydrogen) atoms. The maximum atomic E-state index is 12.6. The first-order chi connectivity index (χ1) is 14.8. The lowest BCUT2D eigenvalue weighted by molar-refractivity contribution is -0.132. The number of fused-ring (bicyclic) bond motifs is 1. The number of carbonyl (C=O) groups is 4. The number of ether oxygens (including phenoxy) is 1.